The van der Waals surface area contributed by atoms with Crippen molar-refractivity contribution in [2.24, 2.45) is 5.73 Å². The zero-order valence-electron chi connectivity index (χ0n) is 61.8. The molecule has 3 atom stereocenters. The quantitative estimate of drug-likeness (QED) is 0.0712. The maximum atomic E-state index is 12.5. The second-order valence-corrected chi connectivity index (χ2v) is 31.2. The van der Waals surface area contributed by atoms with Gasteiger partial charge in [0.15, 0.2) is 16.8 Å². The first-order valence-corrected chi connectivity index (χ1v) is 37.1. The van der Waals surface area contributed by atoms with Crippen molar-refractivity contribution >= 4 is 102 Å². The average molecular weight is 1460 g/mol. The third kappa shape index (κ3) is 21.2. The number of nitrogens with zero attached hydrogens (tertiary/aromatic N) is 8. The molecular weight excluding hydrogens is 1360 g/mol. The Hall–Kier alpha value is -9.21. The van der Waals surface area contributed by atoms with Crippen LogP contribution in [0.25, 0.3) is 65.7 Å². The molecule has 12 rings (SSSR count). The SMILES string of the molecule is C.CC(N)c1cc(-c2ccccc2CN(C)C(=O)OC(C)(C)C)cs1.CNCc1ccccc1-c1csc(C(C)Nc2nncc3cc(C)c(C)cc23)c1.Cc1cc2cnnc(Cl)c2cc1C.Cc1cc2cnnc(NC(C)c3cc(-c4ccccc4CN(C)C(=O)OC(C)(C)C)cs3)c2cc1C. The molecule has 2 amide bonds. The molecule has 0 radical (unpaired) electrons. The molecule has 20 heteroatoms. The van der Waals surface area contributed by atoms with Crippen LogP contribution in [0.1, 0.15) is 153 Å². The van der Waals surface area contributed by atoms with Crippen LogP contribution in [0.4, 0.5) is 21.2 Å². The summed E-state index contributed by atoms with van der Waals surface area (Å²) in [7, 11) is 5.51. The zero-order chi connectivity index (χ0) is 73.7. The topological polar surface area (TPSA) is 199 Å². The van der Waals surface area contributed by atoms with Crippen LogP contribution in [0, 0.1) is 41.5 Å². The minimum Gasteiger partial charge on any atom is -0.444 e. The molecule has 0 aliphatic carbocycles. The van der Waals surface area contributed by atoms with E-state index in [0.717, 1.165) is 88.8 Å². The summed E-state index contributed by atoms with van der Waals surface area (Å²) in [5, 5.41) is 48.6. The average Bonchev–Trinajstić information content (AvgIpc) is 1.49. The lowest BCUT2D eigenvalue weighted by atomic mass is 10.0. The van der Waals surface area contributed by atoms with Crippen LogP contribution in [0.3, 0.4) is 0 Å². The van der Waals surface area contributed by atoms with Crippen molar-refractivity contribution in [2.75, 3.05) is 31.8 Å². The lowest BCUT2D eigenvalue weighted by Crippen LogP contribution is -2.33. The summed E-state index contributed by atoms with van der Waals surface area (Å²) in [5.41, 5.74) is 22.9. The zero-order valence-corrected chi connectivity index (χ0v) is 65.0. The summed E-state index contributed by atoms with van der Waals surface area (Å²) in [4.78, 5) is 31.5. The molecule has 0 aliphatic heterocycles. The van der Waals surface area contributed by atoms with Crippen molar-refractivity contribution in [3.63, 3.8) is 0 Å². The largest absolute Gasteiger partial charge is 0.444 e. The Balaban J connectivity index is 0.000000182. The van der Waals surface area contributed by atoms with Gasteiger partial charge in [0.2, 0.25) is 0 Å². The smallest absolute Gasteiger partial charge is 0.410 e. The number of carbonyl (C=O) groups excluding carboxylic acids is 2. The standard InChI is InChI=1S/C29H34N4O2S.C24H26N4S.C19H26N2O2S.C10H9ClN2.CH4/c1-18-12-22-15-30-32-27(25(22)13-19(18)2)31-20(3)26-14-23(17-36-26)24-11-9-8-10-21(24)16-33(7)28(34)35-29(4,5)6;1-15-9-19-13-26-28-24(22(19)10-16(15)2)27-17(3)23-11-20(14-29-23)21-8-6-5-7-18(21)12-25-4;1-13(20)17-10-15(12-24-17)16-9-7-6-8-14(16)11-21(5)18(22)23-19(2,3)4;1-6-3-8-5-12-13-10(11)9(8)4-7(6)2;/h8-15,17,20H,16H2,1-7H3,(H,31,32);5-11,13-14,17,25H,12H2,1-4H3,(H,27,28);6-10,12-13H,11,20H2,1-5H3;3-5H,1-2H3;1H4. The van der Waals surface area contributed by atoms with Crippen LogP contribution >= 0.6 is 45.6 Å². The van der Waals surface area contributed by atoms with Gasteiger partial charge in [-0.2, -0.15) is 15.3 Å². The number of anilines is 2. The Kier molecular flexibility index (Phi) is 27.3. The van der Waals surface area contributed by atoms with E-state index < -0.39 is 11.2 Å². The highest BCUT2D eigenvalue weighted by molar-refractivity contribution is 7.11. The van der Waals surface area contributed by atoms with Gasteiger partial charge in [-0.3, -0.25) is 0 Å². The normalized spacial score (nSPS) is 12.1. The highest BCUT2D eigenvalue weighted by atomic mass is 35.5. The lowest BCUT2D eigenvalue weighted by molar-refractivity contribution is 0.0275. The molecule has 6 aromatic carbocycles. The molecule has 540 valence electrons. The van der Waals surface area contributed by atoms with Gasteiger partial charge in [-0.05, 0) is 265 Å². The lowest BCUT2D eigenvalue weighted by Gasteiger charge is -2.25. The second kappa shape index (κ2) is 35.3. The van der Waals surface area contributed by atoms with Crippen molar-refractivity contribution in [3.8, 4) is 33.4 Å². The molecule has 0 spiro atoms. The molecular formula is C83H99ClN12O4S3. The van der Waals surface area contributed by atoms with E-state index in [1.807, 2.05) is 104 Å². The van der Waals surface area contributed by atoms with Crippen LogP contribution in [0.15, 0.2) is 162 Å². The van der Waals surface area contributed by atoms with E-state index in [1.165, 1.54) is 59.8 Å². The van der Waals surface area contributed by atoms with E-state index in [-0.39, 0.29) is 37.7 Å². The number of benzene rings is 6. The van der Waals surface area contributed by atoms with Crippen LogP contribution < -0.4 is 21.7 Å². The van der Waals surface area contributed by atoms with Gasteiger partial charge in [-0.1, -0.05) is 91.8 Å². The molecule has 16 nitrogen and oxygen atoms in total. The Labute approximate surface area is 625 Å². The molecule has 0 bridgehead atoms. The van der Waals surface area contributed by atoms with Crippen molar-refractivity contribution in [1.82, 2.24) is 45.7 Å². The maximum Gasteiger partial charge on any atom is 0.410 e. The molecule has 3 unspecified atom stereocenters. The van der Waals surface area contributed by atoms with Gasteiger partial charge in [0.25, 0.3) is 0 Å². The molecule has 6 heterocycles. The Morgan fingerprint density at radius 2 is 0.825 bits per heavy atom. The predicted molar refractivity (Wildman–Crippen MR) is 433 cm³/mol. The number of nitrogens with two attached hydrogens (primary N) is 1. The molecule has 0 fully saturated rings. The van der Waals surface area contributed by atoms with Crippen LogP contribution in [0.2, 0.25) is 5.15 Å². The fourth-order valence-electron chi connectivity index (χ4n) is 11.3. The van der Waals surface area contributed by atoms with Crippen molar-refractivity contribution in [1.29, 1.82) is 0 Å². The third-order valence-corrected chi connectivity index (χ3v) is 20.9. The number of halogens is 1. The predicted octanol–water partition coefficient (Wildman–Crippen LogP) is 21.7. The summed E-state index contributed by atoms with van der Waals surface area (Å²) in [6.07, 6.45) is 4.72. The fourth-order valence-corrected chi connectivity index (χ4v) is 14.2. The van der Waals surface area contributed by atoms with E-state index in [1.54, 1.807) is 64.1 Å². The number of hydrogen-bond donors (Lipinski definition) is 4. The highest BCUT2D eigenvalue weighted by Gasteiger charge is 2.24. The van der Waals surface area contributed by atoms with E-state index in [9.17, 15) is 9.59 Å². The van der Waals surface area contributed by atoms with Crippen molar-refractivity contribution in [2.45, 2.75) is 160 Å². The minimum atomic E-state index is -0.526. The van der Waals surface area contributed by atoms with E-state index in [2.05, 4.69) is 209 Å². The molecule has 103 heavy (non-hydrogen) atoms. The second-order valence-electron chi connectivity index (χ2n) is 28.0. The van der Waals surface area contributed by atoms with E-state index >= 15 is 0 Å². The molecule has 0 saturated carbocycles. The number of rotatable bonds is 16. The van der Waals surface area contributed by atoms with Crippen molar-refractivity contribution < 1.29 is 19.1 Å². The number of carbonyl (C=O) groups is 2. The molecule has 5 N–H and O–H groups in total. The van der Waals surface area contributed by atoms with E-state index in [4.69, 9.17) is 26.8 Å². The number of nitrogens with one attached hydrogen (secondary N) is 3. The Bertz CT molecular complexity index is 4880. The number of thiophene rings is 3. The number of fused-ring (bicyclic) bond motifs is 3. The van der Waals surface area contributed by atoms with Gasteiger partial charge in [-0.25, -0.2) is 9.59 Å². The summed E-state index contributed by atoms with van der Waals surface area (Å²) in [5.74, 6) is 1.63. The molecule has 0 saturated heterocycles. The number of hydrogen-bond acceptors (Lipinski definition) is 17. The Morgan fingerprint density at radius 1 is 0.495 bits per heavy atom. The van der Waals surface area contributed by atoms with Crippen LogP contribution in [-0.4, -0.2) is 84.9 Å². The summed E-state index contributed by atoms with van der Waals surface area (Å²) < 4.78 is 10.9. The van der Waals surface area contributed by atoms with Gasteiger partial charge in [0.1, 0.15) is 11.2 Å². The summed E-state index contributed by atoms with van der Waals surface area (Å²) in [6.45, 7) is 32.0. The summed E-state index contributed by atoms with van der Waals surface area (Å²) >= 11 is 11.1. The number of aryl methyl sites for hydroxylation is 6. The van der Waals surface area contributed by atoms with Gasteiger partial charge in [0, 0.05) is 86.7 Å². The minimum absolute atomic E-state index is 0. The van der Waals surface area contributed by atoms with Crippen molar-refractivity contribution in [3.05, 3.63) is 232 Å². The first kappa shape index (κ1) is 79.5. The van der Waals surface area contributed by atoms with Gasteiger partial charge >= 0.3 is 12.2 Å². The van der Waals surface area contributed by atoms with Gasteiger partial charge < -0.3 is 41.0 Å². The summed E-state index contributed by atoms with van der Waals surface area (Å²) in [6, 6.07) is 44.5. The van der Waals surface area contributed by atoms with E-state index in [0.29, 0.717) is 18.2 Å². The first-order chi connectivity index (χ1) is 48.4. The first-order valence-electron chi connectivity index (χ1n) is 34.1. The van der Waals surface area contributed by atoms with Crippen LogP contribution in [0.5, 0.6) is 0 Å². The molecule has 0 aliphatic rings. The fraction of sp³-hybridized carbons (Fsp3) is 0.325. The third-order valence-electron chi connectivity index (χ3n) is 17.2. The maximum absolute atomic E-state index is 12.5. The number of aromatic nitrogens is 6. The monoisotopic (exact) mass is 1460 g/mol. The molecule has 6 aromatic heterocycles. The molecule has 12 aromatic rings. The van der Waals surface area contributed by atoms with Gasteiger partial charge in [-0.15, -0.1) is 49.3 Å². The van der Waals surface area contributed by atoms with Crippen LogP contribution in [-0.2, 0) is 29.1 Å². The number of amides is 2. The number of ether oxygens (including phenoxy) is 2. The highest BCUT2D eigenvalue weighted by Crippen LogP contribution is 2.38. The Morgan fingerprint density at radius 3 is 1.20 bits per heavy atom. The van der Waals surface area contributed by atoms with Gasteiger partial charge in [0.05, 0.1) is 30.7 Å².